The minimum atomic E-state index is -2.78. The van der Waals surface area contributed by atoms with Crippen LogP contribution in [0.5, 0.6) is 0 Å². The lowest BCUT2D eigenvalue weighted by Gasteiger charge is -2.43. The summed E-state index contributed by atoms with van der Waals surface area (Å²) in [6.07, 6.45) is 4.26. The molecule has 4 heteroatoms. The molecule has 0 radical (unpaired) electrons. The Kier molecular flexibility index (Phi) is 3.32. The highest BCUT2D eigenvalue weighted by Gasteiger charge is 2.46. The third kappa shape index (κ3) is 2.14. The second-order valence-electron chi connectivity index (χ2n) is 5.68. The molecule has 94 valence electrons. The first kappa shape index (κ1) is 12.4. The van der Waals surface area contributed by atoms with Crippen molar-refractivity contribution in [3.63, 3.8) is 0 Å². The molecule has 0 aliphatic carbocycles. The molecule has 2 atom stereocenters. The zero-order valence-electron chi connectivity index (χ0n) is 10.3. The van der Waals surface area contributed by atoms with Crippen molar-refractivity contribution in [2.45, 2.75) is 45.1 Å². The van der Waals surface area contributed by atoms with Crippen LogP contribution < -0.4 is 5.32 Å². The minimum absolute atomic E-state index is 0.0908. The van der Waals surface area contributed by atoms with Gasteiger partial charge in [-0.05, 0) is 44.1 Å². The Balaban J connectivity index is 2.21. The molecule has 0 aromatic rings. The molecule has 2 heterocycles. The van der Waals surface area contributed by atoms with Gasteiger partial charge in [0.25, 0.3) is 0 Å². The van der Waals surface area contributed by atoms with Crippen LogP contribution in [0.4, 0.5) is 0 Å². The molecule has 1 N–H and O–H groups in total. The van der Waals surface area contributed by atoms with Gasteiger partial charge in [0.05, 0.1) is 11.5 Å². The summed E-state index contributed by atoms with van der Waals surface area (Å²) in [6, 6.07) is 0. The number of sulfone groups is 1. The van der Waals surface area contributed by atoms with Crippen LogP contribution >= 0.6 is 0 Å². The highest BCUT2D eigenvalue weighted by atomic mass is 32.2. The fourth-order valence-corrected chi connectivity index (χ4v) is 5.38. The van der Waals surface area contributed by atoms with Crippen molar-refractivity contribution in [2.24, 2.45) is 11.8 Å². The second-order valence-corrected chi connectivity index (χ2v) is 7.91. The number of hydrogen-bond acceptors (Lipinski definition) is 3. The van der Waals surface area contributed by atoms with Gasteiger partial charge >= 0.3 is 0 Å². The van der Waals surface area contributed by atoms with Gasteiger partial charge in [-0.15, -0.1) is 0 Å². The molecule has 3 nitrogen and oxygen atoms in total. The van der Waals surface area contributed by atoms with E-state index in [0.717, 1.165) is 25.8 Å². The topological polar surface area (TPSA) is 46.2 Å². The predicted octanol–water partition coefficient (Wildman–Crippen LogP) is 1.59. The van der Waals surface area contributed by atoms with Gasteiger partial charge < -0.3 is 5.32 Å². The van der Waals surface area contributed by atoms with Gasteiger partial charge in [-0.2, -0.15) is 0 Å². The van der Waals surface area contributed by atoms with E-state index in [9.17, 15) is 8.42 Å². The summed E-state index contributed by atoms with van der Waals surface area (Å²) in [7, 11) is -2.78. The van der Waals surface area contributed by atoms with E-state index >= 15 is 0 Å². The molecular weight excluding hydrogens is 222 g/mol. The highest BCUT2D eigenvalue weighted by Crippen LogP contribution is 2.39. The van der Waals surface area contributed by atoms with Crippen molar-refractivity contribution in [2.75, 3.05) is 18.1 Å². The fraction of sp³-hybridized carbons (Fsp3) is 1.00. The molecule has 16 heavy (non-hydrogen) atoms. The van der Waals surface area contributed by atoms with E-state index < -0.39 is 9.84 Å². The van der Waals surface area contributed by atoms with E-state index in [2.05, 4.69) is 19.2 Å². The first-order valence-electron chi connectivity index (χ1n) is 6.42. The van der Waals surface area contributed by atoms with E-state index in [0.29, 0.717) is 23.3 Å². The van der Waals surface area contributed by atoms with Gasteiger partial charge in [0.1, 0.15) is 0 Å². The maximum Gasteiger partial charge on any atom is 0.150 e. The summed E-state index contributed by atoms with van der Waals surface area (Å²) in [6.45, 7) is 5.49. The first-order valence-corrected chi connectivity index (χ1v) is 8.24. The molecule has 2 rings (SSSR count). The smallest absolute Gasteiger partial charge is 0.150 e. The van der Waals surface area contributed by atoms with E-state index in [1.807, 2.05) is 0 Å². The summed E-state index contributed by atoms with van der Waals surface area (Å²) in [4.78, 5) is 0. The SMILES string of the molecule is CC(C)C1(C2CCCS(=O)(=O)C2)CCCN1. The van der Waals surface area contributed by atoms with Crippen LogP contribution in [0.3, 0.4) is 0 Å². The van der Waals surface area contributed by atoms with Crippen molar-refractivity contribution in [1.29, 1.82) is 0 Å². The van der Waals surface area contributed by atoms with Crippen LogP contribution in [0.2, 0.25) is 0 Å². The van der Waals surface area contributed by atoms with Crippen LogP contribution in [0.1, 0.15) is 39.5 Å². The molecule has 2 fully saturated rings. The molecular formula is C12H23NO2S. The predicted molar refractivity (Wildman–Crippen MR) is 66.2 cm³/mol. The summed E-state index contributed by atoms with van der Waals surface area (Å²) in [5.41, 5.74) is 0.0908. The van der Waals surface area contributed by atoms with Crippen molar-refractivity contribution in [1.82, 2.24) is 5.32 Å². The van der Waals surface area contributed by atoms with Crippen LogP contribution in [0.15, 0.2) is 0 Å². The molecule has 2 aliphatic rings. The lowest BCUT2D eigenvalue weighted by Crippen LogP contribution is -2.54. The van der Waals surface area contributed by atoms with Gasteiger partial charge in [-0.1, -0.05) is 13.8 Å². The maximum absolute atomic E-state index is 11.8. The Morgan fingerprint density at radius 1 is 1.31 bits per heavy atom. The van der Waals surface area contributed by atoms with E-state index in [1.54, 1.807) is 0 Å². The van der Waals surface area contributed by atoms with Crippen LogP contribution in [0.25, 0.3) is 0 Å². The molecule has 2 unspecified atom stereocenters. The Labute approximate surface area is 98.9 Å². The van der Waals surface area contributed by atoms with Gasteiger partial charge in [-0.3, -0.25) is 0 Å². The normalized spacial score (nSPS) is 39.1. The third-order valence-electron chi connectivity index (χ3n) is 4.44. The maximum atomic E-state index is 11.8. The lowest BCUT2D eigenvalue weighted by atomic mass is 9.73. The zero-order valence-corrected chi connectivity index (χ0v) is 11.1. The minimum Gasteiger partial charge on any atom is -0.311 e. The average Bonchev–Trinajstić information content (AvgIpc) is 2.65. The van der Waals surface area contributed by atoms with Crippen molar-refractivity contribution in [3.05, 3.63) is 0 Å². The Morgan fingerprint density at radius 2 is 2.06 bits per heavy atom. The molecule has 0 saturated carbocycles. The summed E-state index contributed by atoms with van der Waals surface area (Å²) < 4.78 is 23.5. The standard InChI is InChI=1S/C12H23NO2S/c1-10(2)12(6-4-7-13-12)11-5-3-8-16(14,15)9-11/h10-11,13H,3-9H2,1-2H3. The monoisotopic (exact) mass is 245 g/mol. The Morgan fingerprint density at radius 3 is 2.56 bits per heavy atom. The molecule has 0 amide bonds. The molecule has 0 bridgehead atoms. The molecule has 0 aromatic carbocycles. The van der Waals surface area contributed by atoms with E-state index in [-0.39, 0.29) is 5.54 Å². The van der Waals surface area contributed by atoms with Gasteiger partial charge in [0.2, 0.25) is 0 Å². The largest absolute Gasteiger partial charge is 0.311 e. The number of hydrogen-bond donors (Lipinski definition) is 1. The van der Waals surface area contributed by atoms with Crippen LogP contribution in [-0.4, -0.2) is 32.0 Å². The van der Waals surface area contributed by atoms with Crippen molar-refractivity contribution in [3.8, 4) is 0 Å². The summed E-state index contributed by atoms with van der Waals surface area (Å²) in [5.74, 6) is 1.65. The Bertz CT molecular complexity index is 342. The number of rotatable bonds is 2. The fourth-order valence-electron chi connectivity index (χ4n) is 3.53. The lowest BCUT2D eigenvalue weighted by molar-refractivity contribution is 0.169. The highest BCUT2D eigenvalue weighted by molar-refractivity contribution is 7.91. The molecule has 0 aromatic heterocycles. The van der Waals surface area contributed by atoms with Gasteiger partial charge in [0, 0.05) is 5.54 Å². The Hall–Kier alpha value is -0.0900. The third-order valence-corrected chi connectivity index (χ3v) is 6.26. The first-order chi connectivity index (χ1) is 7.46. The molecule has 2 aliphatic heterocycles. The van der Waals surface area contributed by atoms with Crippen LogP contribution in [0, 0.1) is 11.8 Å². The van der Waals surface area contributed by atoms with E-state index in [1.165, 1.54) is 6.42 Å². The average molecular weight is 245 g/mol. The van der Waals surface area contributed by atoms with Crippen LogP contribution in [-0.2, 0) is 9.84 Å². The number of nitrogens with one attached hydrogen (secondary N) is 1. The second kappa shape index (κ2) is 4.30. The van der Waals surface area contributed by atoms with E-state index in [4.69, 9.17) is 0 Å². The van der Waals surface area contributed by atoms with Crippen molar-refractivity contribution >= 4 is 9.84 Å². The van der Waals surface area contributed by atoms with Gasteiger partial charge in [0.15, 0.2) is 9.84 Å². The van der Waals surface area contributed by atoms with Crippen molar-refractivity contribution < 1.29 is 8.42 Å². The molecule has 2 saturated heterocycles. The quantitative estimate of drug-likeness (QED) is 0.803. The summed E-state index contributed by atoms with van der Waals surface area (Å²) >= 11 is 0. The molecule has 0 spiro atoms. The van der Waals surface area contributed by atoms with Gasteiger partial charge in [-0.25, -0.2) is 8.42 Å². The zero-order chi connectivity index (χ0) is 11.8. The summed E-state index contributed by atoms with van der Waals surface area (Å²) in [5, 5.41) is 3.61.